The van der Waals surface area contributed by atoms with E-state index in [1.807, 2.05) is 19.1 Å². The zero-order valence-corrected chi connectivity index (χ0v) is 13.0. The molecule has 1 aromatic carbocycles. The predicted octanol–water partition coefficient (Wildman–Crippen LogP) is 3.16. The molecule has 0 aliphatic heterocycles. The molecule has 0 fully saturated rings. The monoisotopic (exact) mass is 318 g/mol. The lowest BCUT2D eigenvalue weighted by atomic mass is 10.2. The summed E-state index contributed by atoms with van der Waals surface area (Å²) < 4.78 is 15.7. The van der Waals surface area contributed by atoms with Crippen molar-refractivity contribution in [2.24, 2.45) is 0 Å². The van der Waals surface area contributed by atoms with Gasteiger partial charge in [-0.25, -0.2) is 4.79 Å². The van der Waals surface area contributed by atoms with E-state index < -0.39 is 11.6 Å². The molecular weight excluding hydrogens is 300 g/mol. The molecule has 0 saturated heterocycles. The summed E-state index contributed by atoms with van der Waals surface area (Å²) in [6.45, 7) is 3.47. The van der Waals surface area contributed by atoms with Gasteiger partial charge in [0.2, 0.25) is 5.75 Å². The maximum atomic E-state index is 12.1. The Morgan fingerprint density at radius 3 is 2.78 bits per heavy atom. The Hall–Kier alpha value is -2.76. The topological polar surface area (TPSA) is 86.0 Å². The fourth-order valence-electron chi connectivity index (χ4n) is 2.05. The third-order valence-electron chi connectivity index (χ3n) is 3.00. The number of carbonyl (C=O) groups is 1. The summed E-state index contributed by atoms with van der Waals surface area (Å²) >= 11 is 0. The maximum absolute atomic E-state index is 12.1. The SMILES string of the molecule is CCC=CCCOc1c(OC(C)=O)c2cccc(O)c2oc1=O. The Morgan fingerprint density at radius 2 is 2.09 bits per heavy atom. The minimum atomic E-state index is -0.810. The number of para-hydroxylation sites is 1. The number of hydrogen-bond donors (Lipinski definition) is 1. The van der Waals surface area contributed by atoms with E-state index in [0.29, 0.717) is 11.8 Å². The summed E-state index contributed by atoms with van der Waals surface area (Å²) in [5, 5.41) is 10.1. The van der Waals surface area contributed by atoms with E-state index in [1.54, 1.807) is 12.1 Å². The predicted molar refractivity (Wildman–Crippen MR) is 85.0 cm³/mol. The molecule has 0 aliphatic rings. The van der Waals surface area contributed by atoms with Gasteiger partial charge < -0.3 is 19.0 Å². The lowest BCUT2D eigenvalue weighted by Gasteiger charge is -2.11. The highest BCUT2D eigenvalue weighted by Gasteiger charge is 2.20. The van der Waals surface area contributed by atoms with Crippen molar-refractivity contribution in [1.29, 1.82) is 0 Å². The molecule has 0 unspecified atom stereocenters. The molecule has 2 aromatic rings. The van der Waals surface area contributed by atoms with Crippen LogP contribution in [0.5, 0.6) is 17.2 Å². The summed E-state index contributed by atoms with van der Waals surface area (Å²) in [6, 6.07) is 4.50. The van der Waals surface area contributed by atoms with Gasteiger partial charge in [-0.05, 0) is 25.0 Å². The quantitative estimate of drug-likeness (QED) is 0.381. The van der Waals surface area contributed by atoms with E-state index in [-0.39, 0.29) is 29.4 Å². The molecule has 23 heavy (non-hydrogen) atoms. The van der Waals surface area contributed by atoms with E-state index in [9.17, 15) is 14.7 Å². The van der Waals surface area contributed by atoms with Gasteiger partial charge in [0.05, 0.1) is 12.0 Å². The molecule has 122 valence electrons. The zero-order chi connectivity index (χ0) is 16.8. The number of fused-ring (bicyclic) bond motifs is 1. The van der Waals surface area contributed by atoms with Crippen LogP contribution in [0.4, 0.5) is 0 Å². The number of carbonyl (C=O) groups excluding carboxylic acids is 1. The molecule has 0 spiro atoms. The van der Waals surface area contributed by atoms with Crippen LogP contribution in [-0.2, 0) is 4.79 Å². The first-order chi connectivity index (χ1) is 11.0. The van der Waals surface area contributed by atoms with Crippen molar-refractivity contribution in [3.05, 3.63) is 40.8 Å². The third kappa shape index (κ3) is 3.91. The van der Waals surface area contributed by atoms with Crippen LogP contribution in [0.2, 0.25) is 0 Å². The summed E-state index contributed by atoms with van der Waals surface area (Å²) in [5.74, 6) is -1.04. The van der Waals surface area contributed by atoms with Crippen LogP contribution >= 0.6 is 0 Å². The molecule has 6 nitrogen and oxygen atoms in total. The second-order valence-corrected chi connectivity index (χ2v) is 4.81. The highest BCUT2D eigenvalue weighted by atomic mass is 16.6. The number of aromatic hydroxyl groups is 1. The smallest absolute Gasteiger partial charge is 0.383 e. The molecule has 0 bridgehead atoms. The van der Waals surface area contributed by atoms with E-state index in [4.69, 9.17) is 13.9 Å². The van der Waals surface area contributed by atoms with Crippen molar-refractivity contribution in [1.82, 2.24) is 0 Å². The van der Waals surface area contributed by atoms with Gasteiger partial charge >= 0.3 is 11.6 Å². The number of allylic oxidation sites excluding steroid dienone is 1. The molecule has 0 amide bonds. The van der Waals surface area contributed by atoms with E-state index in [2.05, 4.69) is 0 Å². The number of phenolic OH excluding ortho intramolecular Hbond substituents is 1. The Balaban J connectivity index is 2.45. The van der Waals surface area contributed by atoms with Crippen molar-refractivity contribution in [3.8, 4) is 17.2 Å². The number of phenols is 1. The van der Waals surface area contributed by atoms with Gasteiger partial charge in [0.1, 0.15) is 0 Å². The molecule has 6 heteroatoms. The minimum Gasteiger partial charge on any atom is -0.504 e. The second-order valence-electron chi connectivity index (χ2n) is 4.81. The van der Waals surface area contributed by atoms with Crippen LogP contribution in [0.3, 0.4) is 0 Å². The van der Waals surface area contributed by atoms with Gasteiger partial charge in [-0.15, -0.1) is 0 Å². The second kappa shape index (κ2) is 7.49. The van der Waals surface area contributed by atoms with Crippen LogP contribution in [-0.4, -0.2) is 17.7 Å². The van der Waals surface area contributed by atoms with Crippen molar-refractivity contribution < 1.29 is 23.8 Å². The molecule has 0 atom stereocenters. The Labute approximate surface area is 132 Å². The lowest BCUT2D eigenvalue weighted by molar-refractivity contribution is -0.131. The maximum Gasteiger partial charge on any atom is 0.383 e. The van der Waals surface area contributed by atoms with Gasteiger partial charge in [-0.1, -0.05) is 25.1 Å². The van der Waals surface area contributed by atoms with Gasteiger partial charge in [0, 0.05) is 6.92 Å². The van der Waals surface area contributed by atoms with Crippen molar-refractivity contribution >= 4 is 16.9 Å². The average Bonchev–Trinajstić information content (AvgIpc) is 2.50. The van der Waals surface area contributed by atoms with E-state index >= 15 is 0 Å². The third-order valence-corrected chi connectivity index (χ3v) is 3.00. The standard InChI is InChI=1S/C17H18O6/c1-3-4-5-6-10-21-16-15(22-11(2)18)12-8-7-9-13(19)14(12)23-17(16)20/h4-5,7-9,19H,3,6,10H2,1-2H3. The number of hydrogen-bond acceptors (Lipinski definition) is 6. The molecule has 0 radical (unpaired) electrons. The highest BCUT2D eigenvalue weighted by molar-refractivity contribution is 5.91. The van der Waals surface area contributed by atoms with Crippen molar-refractivity contribution in [2.45, 2.75) is 26.7 Å². The first-order valence-corrected chi connectivity index (χ1v) is 7.29. The molecule has 0 aliphatic carbocycles. The largest absolute Gasteiger partial charge is 0.504 e. The van der Waals surface area contributed by atoms with Gasteiger partial charge in [0.15, 0.2) is 17.1 Å². The molecule has 1 heterocycles. The van der Waals surface area contributed by atoms with Gasteiger partial charge in [0.25, 0.3) is 0 Å². The summed E-state index contributed by atoms with van der Waals surface area (Å²) in [5.41, 5.74) is -0.860. The number of benzene rings is 1. The highest BCUT2D eigenvalue weighted by Crippen LogP contribution is 2.36. The molecule has 1 N–H and O–H groups in total. The number of esters is 1. The first-order valence-electron chi connectivity index (χ1n) is 7.29. The molecule has 0 saturated carbocycles. The lowest BCUT2D eigenvalue weighted by Crippen LogP contribution is -2.13. The Kier molecular flexibility index (Phi) is 5.41. The fourth-order valence-corrected chi connectivity index (χ4v) is 2.05. The summed E-state index contributed by atoms with van der Waals surface area (Å²) in [4.78, 5) is 23.4. The normalized spacial score (nSPS) is 11.0. The Morgan fingerprint density at radius 1 is 1.30 bits per heavy atom. The first kappa shape index (κ1) is 16.6. The summed E-state index contributed by atoms with van der Waals surface area (Å²) in [7, 11) is 0. The van der Waals surface area contributed by atoms with Crippen molar-refractivity contribution in [2.75, 3.05) is 6.61 Å². The van der Waals surface area contributed by atoms with Gasteiger partial charge in [-0.2, -0.15) is 0 Å². The number of ether oxygens (including phenoxy) is 2. The fraction of sp³-hybridized carbons (Fsp3) is 0.294. The van der Waals surface area contributed by atoms with Crippen LogP contribution in [0.25, 0.3) is 11.0 Å². The minimum absolute atomic E-state index is 0.0425. The average molecular weight is 318 g/mol. The number of rotatable bonds is 6. The molecule has 2 rings (SSSR count). The van der Waals surface area contributed by atoms with Gasteiger partial charge in [-0.3, -0.25) is 4.79 Å². The van der Waals surface area contributed by atoms with Crippen molar-refractivity contribution in [3.63, 3.8) is 0 Å². The zero-order valence-electron chi connectivity index (χ0n) is 13.0. The van der Waals surface area contributed by atoms with Crippen LogP contribution < -0.4 is 15.1 Å². The van der Waals surface area contributed by atoms with E-state index in [1.165, 1.54) is 13.0 Å². The Bertz CT molecular complexity index is 788. The van der Waals surface area contributed by atoms with Crippen LogP contribution in [0, 0.1) is 0 Å². The van der Waals surface area contributed by atoms with Crippen LogP contribution in [0.1, 0.15) is 26.7 Å². The van der Waals surface area contributed by atoms with E-state index in [0.717, 1.165) is 6.42 Å². The van der Waals surface area contributed by atoms with Crippen LogP contribution in [0.15, 0.2) is 39.6 Å². The molecule has 1 aromatic heterocycles. The molecular formula is C17H18O6. The summed E-state index contributed by atoms with van der Waals surface area (Å²) in [6.07, 6.45) is 5.43.